The molecule has 2 aromatic carbocycles. The Bertz CT molecular complexity index is 1750. The molecular weight excluding hydrogens is 574 g/mol. The lowest BCUT2D eigenvalue weighted by molar-refractivity contribution is -0.265. The number of halogens is 4. The Morgan fingerprint density at radius 1 is 1.19 bits per heavy atom. The number of fused-ring (bicyclic) bond motifs is 2. The van der Waals surface area contributed by atoms with E-state index >= 15 is 0 Å². The van der Waals surface area contributed by atoms with Gasteiger partial charge in [-0.05, 0) is 55.3 Å². The molecule has 0 unspecified atom stereocenters. The summed E-state index contributed by atoms with van der Waals surface area (Å²) in [5.41, 5.74) is 1.33. The lowest BCUT2D eigenvalue weighted by atomic mass is 9.91. The molecule has 2 atom stereocenters. The number of aliphatic hydroxyl groups is 1. The van der Waals surface area contributed by atoms with E-state index in [0.29, 0.717) is 10.9 Å². The summed E-state index contributed by atoms with van der Waals surface area (Å²) in [6.45, 7) is -1.58. The van der Waals surface area contributed by atoms with Gasteiger partial charge in [0.1, 0.15) is 41.1 Å². The monoisotopic (exact) mass is 599 g/mol. The van der Waals surface area contributed by atoms with E-state index in [4.69, 9.17) is 15.2 Å². The molecule has 0 saturated heterocycles. The standard InChI is InChI=1S/C29H25F4N5O5/c1-42-21-9-15(8-16-11-38(18-6-7-18)37-23(16)21)27(40)35-13-28(41,29(31,32)33)22-10-19-20(26(34)39)12-43-25(19)24(36-22)14-2-4-17(30)5-3-14/h2-5,8-11,18,20,41H,6-7,12-13H2,1H3,(H2,34,39)(H,35,40)/t20-,28-/m0/s1. The number of carbonyl (C=O) groups is 2. The van der Waals surface area contributed by atoms with Gasteiger partial charge in [0.15, 0.2) is 0 Å². The van der Waals surface area contributed by atoms with E-state index in [-0.39, 0.29) is 46.5 Å². The number of carbonyl (C=O) groups excluding carboxylic acids is 2. The molecule has 0 bridgehead atoms. The van der Waals surface area contributed by atoms with Crippen LogP contribution < -0.4 is 20.5 Å². The molecule has 0 spiro atoms. The first-order valence-corrected chi connectivity index (χ1v) is 13.3. The minimum atomic E-state index is -5.34. The van der Waals surface area contributed by atoms with E-state index in [9.17, 15) is 32.3 Å². The van der Waals surface area contributed by atoms with Crippen LogP contribution in [0.1, 0.15) is 46.4 Å². The summed E-state index contributed by atoms with van der Waals surface area (Å²) in [5.74, 6) is -3.26. The number of pyridine rings is 1. The minimum Gasteiger partial charge on any atom is -0.494 e. The third-order valence-corrected chi connectivity index (χ3v) is 7.62. The van der Waals surface area contributed by atoms with Crippen LogP contribution in [0.15, 0.2) is 48.7 Å². The average molecular weight is 600 g/mol. The zero-order chi connectivity index (χ0) is 30.7. The maximum atomic E-state index is 14.6. The second-order valence-electron chi connectivity index (χ2n) is 10.5. The predicted molar refractivity (Wildman–Crippen MR) is 144 cm³/mol. The van der Waals surface area contributed by atoms with Gasteiger partial charge in [0.2, 0.25) is 11.5 Å². The summed E-state index contributed by atoms with van der Waals surface area (Å²) in [6, 6.07) is 8.66. The van der Waals surface area contributed by atoms with Crippen molar-refractivity contribution in [1.82, 2.24) is 20.1 Å². The number of nitrogens with zero attached hydrogens (tertiary/aromatic N) is 3. The highest BCUT2D eigenvalue weighted by molar-refractivity contribution is 6.00. The first-order valence-electron chi connectivity index (χ1n) is 13.3. The zero-order valence-corrected chi connectivity index (χ0v) is 22.6. The highest BCUT2D eigenvalue weighted by Crippen LogP contribution is 2.46. The van der Waals surface area contributed by atoms with E-state index in [1.54, 1.807) is 10.9 Å². The predicted octanol–water partition coefficient (Wildman–Crippen LogP) is 3.72. The van der Waals surface area contributed by atoms with Gasteiger partial charge in [0, 0.05) is 28.3 Å². The van der Waals surface area contributed by atoms with Crippen molar-refractivity contribution < 1.29 is 41.7 Å². The van der Waals surface area contributed by atoms with E-state index < -0.39 is 47.6 Å². The first-order chi connectivity index (χ1) is 20.4. The van der Waals surface area contributed by atoms with E-state index in [2.05, 4.69) is 15.4 Å². The lowest BCUT2D eigenvalue weighted by Gasteiger charge is -2.31. The van der Waals surface area contributed by atoms with Gasteiger partial charge >= 0.3 is 6.18 Å². The molecule has 1 aliphatic heterocycles. The Hall–Kier alpha value is -4.72. The van der Waals surface area contributed by atoms with Gasteiger partial charge in [-0.15, -0.1) is 0 Å². The van der Waals surface area contributed by atoms with Gasteiger partial charge in [-0.1, -0.05) is 0 Å². The van der Waals surface area contributed by atoms with Crippen molar-refractivity contribution in [2.45, 2.75) is 36.6 Å². The van der Waals surface area contributed by atoms with Crippen molar-refractivity contribution in [3.8, 4) is 22.8 Å². The number of rotatable bonds is 8. The molecule has 2 amide bonds. The van der Waals surface area contributed by atoms with Gasteiger partial charge in [-0.2, -0.15) is 18.3 Å². The fraction of sp³-hybridized carbons (Fsp3) is 0.310. The number of benzene rings is 2. The number of amides is 2. The summed E-state index contributed by atoms with van der Waals surface area (Å²) in [5, 5.41) is 18.4. The zero-order valence-electron chi connectivity index (χ0n) is 22.6. The van der Waals surface area contributed by atoms with Crippen LogP contribution in [0.25, 0.3) is 22.2 Å². The molecule has 2 aromatic heterocycles. The highest BCUT2D eigenvalue weighted by Gasteiger charge is 2.57. The molecule has 0 radical (unpaired) electrons. The Kier molecular flexibility index (Phi) is 6.75. The molecule has 1 fully saturated rings. The van der Waals surface area contributed by atoms with Crippen LogP contribution in [0.3, 0.4) is 0 Å². The van der Waals surface area contributed by atoms with Crippen molar-refractivity contribution in [2.24, 2.45) is 5.73 Å². The number of alkyl halides is 3. The summed E-state index contributed by atoms with van der Waals surface area (Å²) < 4.78 is 70.1. The first kappa shape index (κ1) is 28.4. The fourth-order valence-corrected chi connectivity index (χ4v) is 5.05. The molecule has 3 heterocycles. The van der Waals surface area contributed by atoms with Crippen LogP contribution in [0.2, 0.25) is 0 Å². The maximum Gasteiger partial charge on any atom is 0.424 e. The van der Waals surface area contributed by atoms with E-state index in [1.807, 2.05) is 0 Å². The van der Waals surface area contributed by atoms with Crippen LogP contribution in [0.4, 0.5) is 17.6 Å². The molecule has 1 saturated carbocycles. The number of hydrogen-bond acceptors (Lipinski definition) is 7. The Labute approximate surface area is 241 Å². The summed E-state index contributed by atoms with van der Waals surface area (Å²) in [7, 11) is 1.39. The fourth-order valence-electron chi connectivity index (χ4n) is 5.05. The number of aromatic nitrogens is 3. The SMILES string of the molecule is COc1cc(C(=O)NC[C@](O)(c2cc3c(c(-c4ccc(F)cc4)n2)OC[C@@H]3C(N)=O)C(F)(F)F)cc2cn(C3CC3)nc12. The molecule has 10 nitrogen and oxygen atoms in total. The van der Waals surface area contributed by atoms with Gasteiger partial charge in [0.05, 0.1) is 25.4 Å². The number of primary amides is 1. The largest absolute Gasteiger partial charge is 0.494 e. The molecule has 43 heavy (non-hydrogen) atoms. The molecule has 4 aromatic rings. The number of methoxy groups -OCH3 is 1. The molecular formula is C29H25F4N5O5. The molecule has 6 rings (SSSR count). The maximum absolute atomic E-state index is 14.6. The number of ether oxygens (including phenoxy) is 2. The van der Waals surface area contributed by atoms with Crippen molar-refractivity contribution in [1.29, 1.82) is 0 Å². The van der Waals surface area contributed by atoms with Gasteiger partial charge in [0.25, 0.3) is 5.91 Å². The highest BCUT2D eigenvalue weighted by atomic mass is 19.4. The molecule has 14 heteroatoms. The average Bonchev–Trinajstić information content (AvgIpc) is 3.58. The number of nitrogens with one attached hydrogen (secondary N) is 1. The molecule has 2 aliphatic rings. The molecule has 1 aliphatic carbocycles. The molecule has 4 N–H and O–H groups in total. The summed E-state index contributed by atoms with van der Waals surface area (Å²) >= 11 is 0. The summed E-state index contributed by atoms with van der Waals surface area (Å²) in [4.78, 5) is 29.3. The second kappa shape index (κ2) is 10.2. The van der Waals surface area contributed by atoms with Crippen LogP contribution in [-0.4, -0.2) is 58.1 Å². The third kappa shape index (κ3) is 5.01. The minimum absolute atomic E-state index is 0.0136. The van der Waals surface area contributed by atoms with Crippen LogP contribution in [0.5, 0.6) is 11.5 Å². The summed E-state index contributed by atoms with van der Waals surface area (Å²) in [6.07, 6.45) is -1.67. The van der Waals surface area contributed by atoms with Gasteiger partial charge in [-0.25, -0.2) is 9.37 Å². The van der Waals surface area contributed by atoms with Crippen molar-refractivity contribution in [2.75, 3.05) is 20.3 Å². The Morgan fingerprint density at radius 3 is 2.53 bits per heavy atom. The van der Waals surface area contributed by atoms with Crippen molar-refractivity contribution in [3.05, 3.63) is 71.3 Å². The van der Waals surface area contributed by atoms with Crippen LogP contribution in [0, 0.1) is 5.82 Å². The number of nitrogens with two attached hydrogens (primary N) is 1. The van der Waals surface area contributed by atoms with Crippen molar-refractivity contribution in [3.63, 3.8) is 0 Å². The van der Waals surface area contributed by atoms with Gasteiger partial charge < -0.3 is 25.6 Å². The van der Waals surface area contributed by atoms with Gasteiger partial charge in [-0.3, -0.25) is 14.3 Å². The van der Waals surface area contributed by atoms with Crippen LogP contribution in [-0.2, 0) is 10.4 Å². The van der Waals surface area contributed by atoms with E-state index in [1.165, 1.54) is 31.4 Å². The van der Waals surface area contributed by atoms with E-state index in [0.717, 1.165) is 31.0 Å². The smallest absolute Gasteiger partial charge is 0.424 e. The second-order valence-corrected chi connectivity index (χ2v) is 10.5. The molecule has 224 valence electrons. The quantitative estimate of drug-likeness (QED) is 0.262. The normalized spacial score (nSPS) is 17.7. The topological polar surface area (TPSA) is 142 Å². The lowest BCUT2D eigenvalue weighted by Crippen LogP contribution is -2.51. The Balaban J connectivity index is 1.37. The Morgan fingerprint density at radius 2 is 1.91 bits per heavy atom. The third-order valence-electron chi connectivity index (χ3n) is 7.62. The van der Waals surface area contributed by atoms with Crippen molar-refractivity contribution >= 4 is 22.7 Å². The van der Waals surface area contributed by atoms with Crippen LogP contribution >= 0.6 is 0 Å². The number of hydrogen-bond donors (Lipinski definition) is 3.